The zero-order chi connectivity index (χ0) is 12.5. The van der Waals surface area contributed by atoms with E-state index in [1.165, 1.54) is 44.9 Å². The van der Waals surface area contributed by atoms with Crippen LogP contribution < -0.4 is 5.32 Å². The largest absolute Gasteiger partial charge is 0.385 e. The lowest BCUT2D eigenvalue weighted by atomic mass is 9.76. The molecule has 102 valence electrons. The van der Waals surface area contributed by atoms with Crippen molar-refractivity contribution in [3.8, 4) is 0 Å². The molecule has 17 heavy (non-hydrogen) atoms. The Morgan fingerprint density at radius 3 is 2.41 bits per heavy atom. The van der Waals surface area contributed by atoms with Crippen LogP contribution >= 0.6 is 0 Å². The maximum Gasteiger partial charge on any atom is 0.0462 e. The quantitative estimate of drug-likeness (QED) is 0.656. The smallest absolute Gasteiger partial charge is 0.0462 e. The lowest BCUT2D eigenvalue weighted by Gasteiger charge is -2.34. The van der Waals surface area contributed by atoms with Crippen molar-refractivity contribution < 1.29 is 4.74 Å². The Morgan fingerprint density at radius 2 is 1.88 bits per heavy atom. The van der Waals surface area contributed by atoms with Crippen LogP contribution in [0.5, 0.6) is 0 Å². The highest BCUT2D eigenvalue weighted by Crippen LogP contribution is 2.33. The van der Waals surface area contributed by atoms with Crippen LogP contribution in [-0.4, -0.2) is 26.3 Å². The Labute approximate surface area is 108 Å². The molecule has 0 aromatic heterocycles. The van der Waals surface area contributed by atoms with Crippen molar-refractivity contribution in [1.29, 1.82) is 0 Å². The van der Waals surface area contributed by atoms with Gasteiger partial charge in [-0.3, -0.25) is 0 Å². The molecule has 0 radical (unpaired) electrons. The van der Waals surface area contributed by atoms with Crippen LogP contribution in [0.1, 0.15) is 58.8 Å². The maximum absolute atomic E-state index is 5.16. The minimum Gasteiger partial charge on any atom is -0.385 e. The molecular formula is C15H31NO. The summed E-state index contributed by atoms with van der Waals surface area (Å²) >= 11 is 0. The Hall–Kier alpha value is -0.0800. The SMILES string of the molecule is CCNC(CCCOC)C1CCC(CC)CC1. The Bertz CT molecular complexity index is 176. The standard InChI is InChI=1S/C15H31NO/c1-4-13-8-10-14(11-9-13)15(16-5-2)7-6-12-17-3/h13-16H,4-12H2,1-3H3. The molecule has 0 aliphatic heterocycles. The first kappa shape index (κ1) is 15.0. The van der Waals surface area contributed by atoms with Crippen LogP contribution in [0.25, 0.3) is 0 Å². The summed E-state index contributed by atoms with van der Waals surface area (Å²) in [5.74, 6) is 1.92. The molecule has 2 nitrogen and oxygen atoms in total. The molecule has 1 rings (SSSR count). The van der Waals surface area contributed by atoms with Gasteiger partial charge in [0.25, 0.3) is 0 Å². The fourth-order valence-corrected chi connectivity index (χ4v) is 3.21. The van der Waals surface area contributed by atoms with E-state index < -0.39 is 0 Å². The second-order valence-electron chi connectivity index (χ2n) is 5.49. The van der Waals surface area contributed by atoms with Gasteiger partial charge in [-0.1, -0.05) is 33.1 Å². The summed E-state index contributed by atoms with van der Waals surface area (Å²) < 4.78 is 5.16. The van der Waals surface area contributed by atoms with Crippen molar-refractivity contribution in [3.63, 3.8) is 0 Å². The monoisotopic (exact) mass is 241 g/mol. The summed E-state index contributed by atoms with van der Waals surface area (Å²) in [5.41, 5.74) is 0. The van der Waals surface area contributed by atoms with E-state index in [1.807, 2.05) is 0 Å². The summed E-state index contributed by atoms with van der Waals surface area (Å²) in [5, 5.41) is 3.69. The molecule has 0 spiro atoms. The van der Waals surface area contributed by atoms with Gasteiger partial charge < -0.3 is 10.1 Å². The van der Waals surface area contributed by atoms with Gasteiger partial charge in [0.1, 0.15) is 0 Å². The number of rotatable bonds is 8. The Kier molecular flexibility index (Phi) is 7.87. The highest BCUT2D eigenvalue weighted by molar-refractivity contribution is 4.81. The molecule has 0 saturated heterocycles. The van der Waals surface area contributed by atoms with Gasteiger partial charge in [-0.2, -0.15) is 0 Å². The summed E-state index contributed by atoms with van der Waals surface area (Å²) in [6.07, 6.45) is 9.63. The Morgan fingerprint density at radius 1 is 1.18 bits per heavy atom. The van der Waals surface area contributed by atoms with E-state index in [0.29, 0.717) is 0 Å². The van der Waals surface area contributed by atoms with Gasteiger partial charge in [0.2, 0.25) is 0 Å². The van der Waals surface area contributed by atoms with Crippen LogP contribution in [0.15, 0.2) is 0 Å². The van der Waals surface area contributed by atoms with Crippen LogP contribution in [0.4, 0.5) is 0 Å². The third-order valence-electron chi connectivity index (χ3n) is 4.37. The van der Waals surface area contributed by atoms with E-state index in [9.17, 15) is 0 Å². The average Bonchev–Trinajstić information content (AvgIpc) is 2.38. The fourth-order valence-electron chi connectivity index (χ4n) is 3.21. The van der Waals surface area contributed by atoms with E-state index in [4.69, 9.17) is 4.74 Å². The Balaban J connectivity index is 2.31. The van der Waals surface area contributed by atoms with Gasteiger partial charge in [-0.15, -0.1) is 0 Å². The van der Waals surface area contributed by atoms with Gasteiger partial charge >= 0.3 is 0 Å². The average molecular weight is 241 g/mol. The van der Waals surface area contributed by atoms with Crippen molar-refractivity contribution in [1.82, 2.24) is 5.32 Å². The van der Waals surface area contributed by atoms with Crippen molar-refractivity contribution in [2.75, 3.05) is 20.3 Å². The highest BCUT2D eigenvalue weighted by Gasteiger charge is 2.25. The minimum absolute atomic E-state index is 0.730. The summed E-state index contributed by atoms with van der Waals surface area (Å²) in [4.78, 5) is 0. The van der Waals surface area contributed by atoms with Crippen molar-refractivity contribution >= 4 is 0 Å². The lowest BCUT2D eigenvalue weighted by Crippen LogP contribution is -2.38. The van der Waals surface area contributed by atoms with Crippen molar-refractivity contribution in [2.24, 2.45) is 11.8 Å². The van der Waals surface area contributed by atoms with Crippen molar-refractivity contribution in [2.45, 2.75) is 64.8 Å². The first-order valence-corrected chi connectivity index (χ1v) is 7.54. The molecule has 1 fully saturated rings. The van der Waals surface area contributed by atoms with Crippen LogP contribution in [0.3, 0.4) is 0 Å². The molecule has 0 bridgehead atoms. The van der Waals surface area contributed by atoms with Crippen molar-refractivity contribution in [3.05, 3.63) is 0 Å². The van der Waals surface area contributed by atoms with Gasteiger partial charge in [0.15, 0.2) is 0 Å². The summed E-state index contributed by atoms with van der Waals surface area (Å²) in [6, 6.07) is 0.730. The second kappa shape index (κ2) is 8.93. The molecular weight excluding hydrogens is 210 g/mol. The van der Waals surface area contributed by atoms with Crippen LogP contribution in [0.2, 0.25) is 0 Å². The normalized spacial score (nSPS) is 27.0. The van der Waals surface area contributed by atoms with Crippen LogP contribution in [-0.2, 0) is 4.74 Å². The topological polar surface area (TPSA) is 21.3 Å². The third-order valence-corrected chi connectivity index (χ3v) is 4.37. The number of hydrogen-bond donors (Lipinski definition) is 1. The number of ether oxygens (including phenoxy) is 1. The predicted molar refractivity (Wildman–Crippen MR) is 74.3 cm³/mol. The minimum atomic E-state index is 0.730. The first-order chi connectivity index (χ1) is 8.31. The molecule has 1 aliphatic rings. The fraction of sp³-hybridized carbons (Fsp3) is 1.00. The molecule has 1 saturated carbocycles. The summed E-state index contributed by atoms with van der Waals surface area (Å²) in [7, 11) is 1.80. The second-order valence-corrected chi connectivity index (χ2v) is 5.49. The molecule has 1 unspecified atom stereocenters. The van der Waals surface area contributed by atoms with Gasteiger partial charge in [-0.25, -0.2) is 0 Å². The molecule has 0 aromatic rings. The van der Waals surface area contributed by atoms with E-state index in [1.54, 1.807) is 7.11 Å². The predicted octanol–water partition coefficient (Wildman–Crippen LogP) is 3.61. The van der Waals surface area contributed by atoms with E-state index in [2.05, 4.69) is 19.2 Å². The number of methoxy groups -OCH3 is 1. The maximum atomic E-state index is 5.16. The third kappa shape index (κ3) is 5.39. The van der Waals surface area contributed by atoms with E-state index in [-0.39, 0.29) is 0 Å². The number of nitrogens with one attached hydrogen (secondary N) is 1. The first-order valence-electron chi connectivity index (χ1n) is 7.54. The zero-order valence-electron chi connectivity index (χ0n) is 12.0. The van der Waals surface area contributed by atoms with E-state index in [0.717, 1.165) is 31.0 Å². The molecule has 0 heterocycles. The van der Waals surface area contributed by atoms with E-state index >= 15 is 0 Å². The van der Waals surface area contributed by atoms with Gasteiger partial charge in [0.05, 0.1) is 0 Å². The number of hydrogen-bond acceptors (Lipinski definition) is 2. The van der Waals surface area contributed by atoms with Crippen LogP contribution in [0, 0.1) is 11.8 Å². The molecule has 1 N–H and O–H groups in total. The lowest BCUT2D eigenvalue weighted by molar-refractivity contribution is 0.170. The highest BCUT2D eigenvalue weighted by atomic mass is 16.5. The van der Waals surface area contributed by atoms with Gasteiger partial charge in [-0.05, 0) is 44.1 Å². The zero-order valence-corrected chi connectivity index (χ0v) is 12.0. The summed E-state index contributed by atoms with van der Waals surface area (Å²) in [6.45, 7) is 6.57. The molecule has 1 atom stereocenters. The molecule has 0 amide bonds. The molecule has 0 aromatic carbocycles. The van der Waals surface area contributed by atoms with Gasteiger partial charge in [0, 0.05) is 19.8 Å². The molecule has 2 heteroatoms. The molecule has 1 aliphatic carbocycles.